The third-order valence-electron chi connectivity index (χ3n) is 0.659. The molecule has 2 nitrogen and oxygen atoms in total. The van der Waals surface area contributed by atoms with Crippen LogP contribution in [0.3, 0.4) is 0 Å². The van der Waals surface area contributed by atoms with E-state index in [9.17, 15) is 4.39 Å². The van der Waals surface area contributed by atoms with E-state index in [1.165, 1.54) is 5.38 Å². The molecular formula is C4H4FNOS. The van der Waals surface area contributed by atoms with E-state index in [-0.39, 0.29) is 6.61 Å². The minimum absolute atomic E-state index is 0.172. The molecule has 0 radical (unpaired) electrons. The standard InChI is InChI=1S/C4H4FNOS/c5-3-2-8-4(1-7)6-3/h2,7H,1H2. The number of thiazole rings is 1. The summed E-state index contributed by atoms with van der Waals surface area (Å²) >= 11 is 1.11. The van der Waals surface area contributed by atoms with E-state index >= 15 is 0 Å². The molecule has 0 aromatic carbocycles. The first kappa shape index (κ1) is 5.65. The van der Waals surface area contributed by atoms with Crippen LogP contribution in [0.15, 0.2) is 5.38 Å². The summed E-state index contributed by atoms with van der Waals surface area (Å²) in [4.78, 5) is 3.33. The highest BCUT2D eigenvalue weighted by Gasteiger charge is 1.95. The maximum absolute atomic E-state index is 11.9. The molecule has 0 saturated carbocycles. The van der Waals surface area contributed by atoms with Crippen molar-refractivity contribution in [1.29, 1.82) is 0 Å². The monoisotopic (exact) mass is 133 g/mol. The Labute approximate surface area is 49.6 Å². The molecular weight excluding hydrogens is 129 g/mol. The minimum atomic E-state index is -0.515. The molecule has 0 atom stereocenters. The fourth-order valence-corrected chi connectivity index (χ4v) is 0.862. The van der Waals surface area contributed by atoms with Crippen LogP contribution >= 0.6 is 11.3 Å². The number of hydrogen-bond acceptors (Lipinski definition) is 3. The van der Waals surface area contributed by atoms with Crippen LogP contribution < -0.4 is 0 Å². The van der Waals surface area contributed by atoms with Crippen LogP contribution in [0.2, 0.25) is 0 Å². The quantitative estimate of drug-likeness (QED) is 0.614. The Kier molecular flexibility index (Phi) is 1.55. The summed E-state index contributed by atoms with van der Waals surface area (Å²) in [6.45, 7) is -0.172. The largest absolute Gasteiger partial charge is 0.389 e. The molecule has 1 N–H and O–H groups in total. The van der Waals surface area contributed by atoms with Crippen LogP contribution in [0.5, 0.6) is 0 Å². The van der Waals surface area contributed by atoms with E-state index < -0.39 is 5.95 Å². The number of nitrogens with zero attached hydrogens (tertiary/aromatic N) is 1. The predicted molar refractivity (Wildman–Crippen MR) is 28.0 cm³/mol. The molecule has 4 heteroatoms. The third-order valence-corrected chi connectivity index (χ3v) is 1.46. The molecule has 44 valence electrons. The summed E-state index contributed by atoms with van der Waals surface area (Å²) in [6.07, 6.45) is 0. The molecule has 1 heterocycles. The van der Waals surface area contributed by atoms with E-state index in [0.29, 0.717) is 5.01 Å². The van der Waals surface area contributed by atoms with Gasteiger partial charge in [0.2, 0.25) is 5.95 Å². The molecule has 1 aromatic rings. The second-order valence-corrected chi connectivity index (χ2v) is 2.16. The van der Waals surface area contributed by atoms with Gasteiger partial charge in [-0.2, -0.15) is 4.39 Å². The lowest BCUT2D eigenvalue weighted by molar-refractivity contribution is 0.280. The van der Waals surface area contributed by atoms with Crippen molar-refractivity contribution in [3.05, 3.63) is 16.3 Å². The van der Waals surface area contributed by atoms with Gasteiger partial charge in [-0.25, -0.2) is 4.98 Å². The lowest BCUT2D eigenvalue weighted by Crippen LogP contribution is -1.79. The molecule has 0 fully saturated rings. The van der Waals surface area contributed by atoms with Crippen molar-refractivity contribution in [2.24, 2.45) is 0 Å². The van der Waals surface area contributed by atoms with Crippen LogP contribution in [0.4, 0.5) is 4.39 Å². The fraction of sp³-hybridized carbons (Fsp3) is 0.250. The Morgan fingerprint density at radius 1 is 1.88 bits per heavy atom. The average Bonchev–Trinajstić information content (AvgIpc) is 2.14. The second-order valence-electron chi connectivity index (χ2n) is 1.22. The van der Waals surface area contributed by atoms with Crippen molar-refractivity contribution >= 4 is 11.3 Å². The summed E-state index contributed by atoms with van der Waals surface area (Å²) in [5.74, 6) is -0.515. The van der Waals surface area contributed by atoms with Gasteiger partial charge in [0.1, 0.15) is 5.01 Å². The molecule has 1 rings (SSSR count). The van der Waals surface area contributed by atoms with Crippen molar-refractivity contribution < 1.29 is 9.50 Å². The number of halogens is 1. The fourth-order valence-electron chi connectivity index (χ4n) is 0.361. The first-order valence-electron chi connectivity index (χ1n) is 2.03. The highest BCUT2D eigenvalue weighted by Crippen LogP contribution is 2.06. The van der Waals surface area contributed by atoms with Gasteiger partial charge in [0.05, 0.1) is 6.61 Å². The van der Waals surface area contributed by atoms with Gasteiger partial charge in [0.25, 0.3) is 0 Å². The van der Waals surface area contributed by atoms with Gasteiger partial charge in [0, 0.05) is 5.38 Å². The van der Waals surface area contributed by atoms with Crippen LogP contribution in [0, 0.1) is 5.95 Å². The van der Waals surface area contributed by atoms with Crippen molar-refractivity contribution in [2.75, 3.05) is 0 Å². The van der Waals surface area contributed by atoms with Crippen LogP contribution in [-0.4, -0.2) is 10.1 Å². The maximum Gasteiger partial charge on any atom is 0.223 e. The minimum Gasteiger partial charge on any atom is -0.389 e. The Balaban J connectivity index is 2.84. The molecule has 8 heavy (non-hydrogen) atoms. The number of aromatic nitrogens is 1. The summed E-state index contributed by atoms with van der Waals surface area (Å²) in [7, 11) is 0. The van der Waals surface area contributed by atoms with Gasteiger partial charge in [-0.1, -0.05) is 0 Å². The van der Waals surface area contributed by atoms with Gasteiger partial charge in [0.15, 0.2) is 0 Å². The third kappa shape index (κ3) is 1.02. The zero-order valence-electron chi connectivity index (χ0n) is 3.97. The molecule has 0 spiro atoms. The van der Waals surface area contributed by atoms with E-state index in [1.54, 1.807) is 0 Å². The van der Waals surface area contributed by atoms with Gasteiger partial charge in [-0.3, -0.25) is 0 Å². The molecule has 1 aromatic heterocycles. The number of aliphatic hydroxyl groups excluding tert-OH is 1. The van der Waals surface area contributed by atoms with Crippen LogP contribution in [-0.2, 0) is 6.61 Å². The van der Waals surface area contributed by atoms with Crippen molar-refractivity contribution in [3.8, 4) is 0 Å². The molecule has 0 unspecified atom stereocenters. The van der Waals surface area contributed by atoms with Gasteiger partial charge in [-0.05, 0) is 0 Å². The Hall–Kier alpha value is -0.480. The van der Waals surface area contributed by atoms with E-state index in [4.69, 9.17) is 5.11 Å². The smallest absolute Gasteiger partial charge is 0.223 e. The summed E-state index contributed by atoms with van der Waals surface area (Å²) < 4.78 is 11.9. The molecule has 0 aliphatic heterocycles. The van der Waals surface area contributed by atoms with E-state index in [1.807, 2.05) is 0 Å². The molecule has 0 aliphatic carbocycles. The zero-order chi connectivity index (χ0) is 5.98. The van der Waals surface area contributed by atoms with Crippen molar-refractivity contribution in [2.45, 2.75) is 6.61 Å². The average molecular weight is 133 g/mol. The Bertz CT molecular complexity index is 176. The van der Waals surface area contributed by atoms with Gasteiger partial charge >= 0.3 is 0 Å². The number of rotatable bonds is 1. The SMILES string of the molecule is OCc1nc(F)cs1. The Morgan fingerprint density at radius 2 is 2.62 bits per heavy atom. The first-order valence-corrected chi connectivity index (χ1v) is 2.91. The normalized spacial score (nSPS) is 9.75. The predicted octanol–water partition coefficient (Wildman–Crippen LogP) is 0.775. The van der Waals surface area contributed by atoms with Crippen molar-refractivity contribution in [1.82, 2.24) is 4.98 Å². The van der Waals surface area contributed by atoms with E-state index in [2.05, 4.69) is 4.98 Å². The van der Waals surface area contributed by atoms with Crippen molar-refractivity contribution in [3.63, 3.8) is 0 Å². The first-order chi connectivity index (χ1) is 3.83. The second kappa shape index (κ2) is 2.19. The highest BCUT2D eigenvalue weighted by atomic mass is 32.1. The van der Waals surface area contributed by atoms with Crippen LogP contribution in [0.1, 0.15) is 5.01 Å². The zero-order valence-corrected chi connectivity index (χ0v) is 4.78. The lowest BCUT2D eigenvalue weighted by atomic mass is 10.8. The lowest BCUT2D eigenvalue weighted by Gasteiger charge is -1.77. The van der Waals surface area contributed by atoms with Gasteiger partial charge in [-0.15, -0.1) is 11.3 Å². The topological polar surface area (TPSA) is 33.1 Å². The summed E-state index contributed by atoms with van der Waals surface area (Å²) in [5, 5.41) is 10.0. The molecule has 0 amide bonds. The van der Waals surface area contributed by atoms with E-state index in [0.717, 1.165) is 11.3 Å². The maximum atomic E-state index is 11.9. The Morgan fingerprint density at radius 3 is 2.88 bits per heavy atom. The van der Waals surface area contributed by atoms with Crippen LogP contribution in [0.25, 0.3) is 0 Å². The number of aliphatic hydroxyl groups is 1. The summed E-state index contributed by atoms with van der Waals surface area (Å²) in [5.41, 5.74) is 0. The molecule has 0 aliphatic rings. The molecule has 0 bridgehead atoms. The number of hydrogen-bond donors (Lipinski definition) is 1. The molecule has 0 saturated heterocycles. The summed E-state index contributed by atoms with van der Waals surface area (Å²) in [6, 6.07) is 0. The highest BCUT2D eigenvalue weighted by molar-refractivity contribution is 7.09. The van der Waals surface area contributed by atoms with Gasteiger partial charge < -0.3 is 5.11 Å².